The predicted octanol–water partition coefficient (Wildman–Crippen LogP) is 1.81. The van der Waals surface area contributed by atoms with Gasteiger partial charge in [-0.2, -0.15) is 0 Å². The number of nitrogens with one attached hydrogen (secondary N) is 2. The van der Waals surface area contributed by atoms with Gasteiger partial charge in [0.1, 0.15) is 11.0 Å². The van der Waals surface area contributed by atoms with Crippen LogP contribution in [0.15, 0.2) is 11.0 Å². The fourth-order valence-electron chi connectivity index (χ4n) is 4.15. The number of aromatic nitrogens is 3. The number of fused-ring (bicyclic) bond motifs is 3. The van der Waals surface area contributed by atoms with E-state index in [1.54, 1.807) is 0 Å². The van der Waals surface area contributed by atoms with Crippen LogP contribution in [0.3, 0.4) is 0 Å². The lowest BCUT2D eigenvalue weighted by atomic mass is 9.84. The summed E-state index contributed by atoms with van der Waals surface area (Å²) >= 11 is 0. The topological polar surface area (TPSA) is 87.6 Å². The summed E-state index contributed by atoms with van der Waals surface area (Å²) in [5.41, 5.74) is 7.91. The maximum atomic E-state index is 11.8. The van der Waals surface area contributed by atoms with Crippen molar-refractivity contribution in [2.24, 2.45) is 17.8 Å². The highest BCUT2D eigenvalue weighted by molar-refractivity contribution is 5.78. The Kier molecular flexibility index (Phi) is 2.25. The average Bonchev–Trinajstić information content (AvgIpc) is 3.05. The minimum Gasteiger partial charge on any atom is -0.369 e. The Morgan fingerprint density at radius 2 is 2.26 bits per heavy atom. The molecule has 4 N–H and O–H groups in total. The SMILES string of the molecule is Nc1nc2c(C[C@H]3C[C@@H]4CC[C@H]3C4)c[nH]c2c(=O)[nH]1. The van der Waals surface area contributed by atoms with E-state index in [1.807, 2.05) is 6.20 Å². The first-order chi connectivity index (χ1) is 9.20. The molecule has 0 spiro atoms. The Morgan fingerprint density at radius 3 is 3.00 bits per heavy atom. The summed E-state index contributed by atoms with van der Waals surface area (Å²) in [6.45, 7) is 0. The Morgan fingerprint density at radius 1 is 1.37 bits per heavy atom. The first kappa shape index (κ1) is 11.1. The lowest BCUT2D eigenvalue weighted by molar-refractivity contribution is 0.332. The molecule has 4 rings (SSSR count). The molecule has 19 heavy (non-hydrogen) atoms. The van der Waals surface area contributed by atoms with Crippen LogP contribution in [-0.2, 0) is 6.42 Å². The van der Waals surface area contributed by atoms with E-state index >= 15 is 0 Å². The van der Waals surface area contributed by atoms with Crippen molar-refractivity contribution in [1.29, 1.82) is 0 Å². The molecule has 0 aliphatic heterocycles. The first-order valence-electron chi connectivity index (χ1n) is 7.06. The third-order valence-corrected chi connectivity index (χ3v) is 5.00. The Bertz CT molecular complexity index is 686. The van der Waals surface area contributed by atoms with Crippen LogP contribution >= 0.6 is 0 Å². The monoisotopic (exact) mass is 258 g/mol. The smallest absolute Gasteiger partial charge is 0.276 e. The number of hydrogen-bond acceptors (Lipinski definition) is 3. The van der Waals surface area contributed by atoms with E-state index in [0.29, 0.717) is 5.52 Å². The average molecular weight is 258 g/mol. The van der Waals surface area contributed by atoms with Crippen LogP contribution in [-0.4, -0.2) is 15.0 Å². The van der Waals surface area contributed by atoms with E-state index in [4.69, 9.17) is 5.73 Å². The Labute approximate surface area is 110 Å². The van der Waals surface area contributed by atoms with Gasteiger partial charge >= 0.3 is 0 Å². The van der Waals surface area contributed by atoms with Crippen LogP contribution in [0.1, 0.15) is 31.2 Å². The predicted molar refractivity (Wildman–Crippen MR) is 73.8 cm³/mol. The van der Waals surface area contributed by atoms with Crippen LogP contribution < -0.4 is 11.3 Å². The second-order valence-corrected chi connectivity index (χ2v) is 6.13. The molecule has 2 aliphatic carbocycles. The van der Waals surface area contributed by atoms with Crippen molar-refractivity contribution in [1.82, 2.24) is 15.0 Å². The van der Waals surface area contributed by atoms with Crippen LogP contribution in [0.5, 0.6) is 0 Å². The molecule has 2 fully saturated rings. The molecule has 2 aromatic rings. The number of nitrogens with zero attached hydrogens (tertiary/aromatic N) is 1. The van der Waals surface area contributed by atoms with Gasteiger partial charge < -0.3 is 10.7 Å². The van der Waals surface area contributed by atoms with E-state index < -0.39 is 0 Å². The van der Waals surface area contributed by atoms with Crippen LogP contribution in [0.25, 0.3) is 11.0 Å². The van der Waals surface area contributed by atoms with Gasteiger partial charge in [0, 0.05) is 6.20 Å². The molecule has 100 valence electrons. The minimum absolute atomic E-state index is 0.179. The van der Waals surface area contributed by atoms with Crippen molar-refractivity contribution in [2.75, 3.05) is 5.73 Å². The summed E-state index contributed by atoms with van der Waals surface area (Å²) in [7, 11) is 0. The molecule has 0 saturated heterocycles. The van der Waals surface area contributed by atoms with Crippen LogP contribution in [0.2, 0.25) is 0 Å². The molecule has 0 aromatic carbocycles. The van der Waals surface area contributed by atoms with Gasteiger partial charge in [-0.05, 0) is 49.0 Å². The van der Waals surface area contributed by atoms with Crippen molar-refractivity contribution in [3.8, 4) is 0 Å². The molecular formula is C14H18N4O. The summed E-state index contributed by atoms with van der Waals surface area (Å²) in [4.78, 5) is 21.6. The van der Waals surface area contributed by atoms with E-state index in [2.05, 4.69) is 15.0 Å². The largest absolute Gasteiger partial charge is 0.369 e. The van der Waals surface area contributed by atoms with Crippen molar-refractivity contribution in [2.45, 2.75) is 32.1 Å². The molecule has 5 nitrogen and oxygen atoms in total. The van der Waals surface area contributed by atoms with Gasteiger partial charge in [-0.25, -0.2) is 4.98 Å². The number of anilines is 1. The maximum Gasteiger partial charge on any atom is 0.276 e. The molecule has 2 bridgehead atoms. The third-order valence-electron chi connectivity index (χ3n) is 5.00. The van der Waals surface area contributed by atoms with E-state index in [9.17, 15) is 4.79 Å². The molecule has 0 unspecified atom stereocenters. The molecule has 0 amide bonds. The van der Waals surface area contributed by atoms with Gasteiger partial charge in [-0.3, -0.25) is 9.78 Å². The fraction of sp³-hybridized carbons (Fsp3) is 0.571. The van der Waals surface area contributed by atoms with E-state index in [-0.39, 0.29) is 11.5 Å². The molecule has 2 saturated carbocycles. The summed E-state index contributed by atoms with van der Waals surface area (Å²) in [5, 5.41) is 0. The van der Waals surface area contributed by atoms with Crippen molar-refractivity contribution in [3.05, 3.63) is 22.1 Å². The zero-order valence-electron chi connectivity index (χ0n) is 10.8. The summed E-state index contributed by atoms with van der Waals surface area (Å²) in [6.07, 6.45) is 8.50. The van der Waals surface area contributed by atoms with Gasteiger partial charge in [0.15, 0.2) is 0 Å². The second-order valence-electron chi connectivity index (χ2n) is 6.13. The number of nitrogen functional groups attached to an aromatic ring is 1. The van der Waals surface area contributed by atoms with Crippen molar-refractivity contribution >= 4 is 17.0 Å². The number of H-pyrrole nitrogens is 2. The molecule has 2 aromatic heterocycles. The Hall–Kier alpha value is -1.78. The highest BCUT2D eigenvalue weighted by Gasteiger charge is 2.39. The highest BCUT2D eigenvalue weighted by atomic mass is 16.1. The van der Waals surface area contributed by atoms with Crippen LogP contribution in [0, 0.1) is 17.8 Å². The van der Waals surface area contributed by atoms with Gasteiger partial charge in [0.2, 0.25) is 5.95 Å². The number of rotatable bonds is 2. The third kappa shape index (κ3) is 1.68. The van der Waals surface area contributed by atoms with Crippen LogP contribution in [0.4, 0.5) is 5.95 Å². The lowest BCUT2D eigenvalue weighted by Gasteiger charge is -2.20. The molecule has 2 heterocycles. The quantitative estimate of drug-likeness (QED) is 0.767. The molecule has 0 radical (unpaired) electrons. The fourth-order valence-corrected chi connectivity index (χ4v) is 4.15. The highest BCUT2D eigenvalue weighted by Crippen LogP contribution is 2.49. The number of aromatic amines is 2. The van der Waals surface area contributed by atoms with E-state index in [1.165, 1.54) is 25.7 Å². The van der Waals surface area contributed by atoms with Gasteiger partial charge in [0.05, 0.1) is 0 Å². The van der Waals surface area contributed by atoms with Crippen molar-refractivity contribution in [3.63, 3.8) is 0 Å². The molecule has 5 heteroatoms. The molecule has 2 aliphatic rings. The minimum atomic E-state index is -0.179. The molecule has 3 atom stereocenters. The summed E-state index contributed by atoms with van der Waals surface area (Å²) < 4.78 is 0. The van der Waals surface area contributed by atoms with Crippen molar-refractivity contribution < 1.29 is 0 Å². The zero-order valence-corrected chi connectivity index (χ0v) is 10.8. The number of nitrogens with two attached hydrogens (primary N) is 1. The number of hydrogen-bond donors (Lipinski definition) is 3. The van der Waals surface area contributed by atoms with Gasteiger partial charge in [-0.15, -0.1) is 0 Å². The summed E-state index contributed by atoms with van der Waals surface area (Å²) in [6, 6.07) is 0. The lowest BCUT2D eigenvalue weighted by Crippen LogP contribution is -2.14. The van der Waals surface area contributed by atoms with E-state index in [0.717, 1.165) is 35.3 Å². The first-order valence-corrected chi connectivity index (χ1v) is 7.06. The summed E-state index contributed by atoms with van der Waals surface area (Å²) in [5.74, 6) is 2.79. The second kappa shape index (κ2) is 3.85. The Balaban J connectivity index is 1.70. The standard InChI is InChI=1S/C14H18N4O/c15-14-17-11-10(6-16-12(11)13(19)18-14)5-9-4-7-1-2-8(9)3-7/h6-9,16H,1-5H2,(H3,15,17,18,19)/t7-,8+,9-/m1/s1. The molecular weight excluding hydrogens is 240 g/mol. The van der Waals surface area contributed by atoms with Gasteiger partial charge in [0.25, 0.3) is 5.56 Å². The van der Waals surface area contributed by atoms with Gasteiger partial charge in [-0.1, -0.05) is 6.42 Å². The normalized spacial score (nSPS) is 29.4. The zero-order chi connectivity index (χ0) is 13.0. The maximum absolute atomic E-state index is 11.8.